The molecule has 1 saturated heterocycles. The summed E-state index contributed by atoms with van der Waals surface area (Å²) in [5.74, 6) is 0. The van der Waals surface area contributed by atoms with Crippen molar-refractivity contribution in [2.45, 2.75) is 63.6 Å². The first-order chi connectivity index (χ1) is 9.83. The fraction of sp³-hybridized carbons (Fsp3) is 0.812. The minimum Gasteiger partial charge on any atom is -0.317 e. The maximum atomic E-state index is 4.81. The molecular formula is C16H28N4. The van der Waals surface area contributed by atoms with Gasteiger partial charge >= 0.3 is 0 Å². The maximum Gasteiger partial charge on any atom is 0.0764 e. The van der Waals surface area contributed by atoms with E-state index >= 15 is 0 Å². The fourth-order valence-corrected chi connectivity index (χ4v) is 3.66. The second kappa shape index (κ2) is 6.72. The van der Waals surface area contributed by atoms with Crippen LogP contribution in [0.25, 0.3) is 0 Å². The van der Waals surface area contributed by atoms with Gasteiger partial charge in [0.05, 0.1) is 11.7 Å². The summed E-state index contributed by atoms with van der Waals surface area (Å²) in [6.07, 6.45) is 11.4. The van der Waals surface area contributed by atoms with E-state index in [1.165, 1.54) is 57.2 Å². The van der Waals surface area contributed by atoms with E-state index in [0.717, 1.165) is 13.1 Å². The summed E-state index contributed by atoms with van der Waals surface area (Å²) in [5, 5.41) is 8.30. The van der Waals surface area contributed by atoms with Gasteiger partial charge in [-0.1, -0.05) is 12.8 Å². The predicted molar refractivity (Wildman–Crippen MR) is 81.7 cm³/mol. The third kappa shape index (κ3) is 3.41. The number of aromatic nitrogens is 2. The van der Waals surface area contributed by atoms with Crippen LogP contribution in [0.5, 0.6) is 0 Å². The predicted octanol–water partition coefficient (Wildman–Crippen LogP) is 2.57. The van der Waals surface area contributed by atoms with Gasteiger partial charge in [-0.25, -0.2) is 0 Å². The van der Waals surface area contributed by atoms with E-state index in [1.807, 2.05) is 0 Å². The number of nitrogens with one attached hydrogen (secondary N) is 1. The Hall–Kier alpha value is -0.870. The van der Waals surface area contributed by atoms with E-state index in [2.05, 4.69) is 34.2 Å². The SMILES string of the molecule is CN(Cc1ccn(C2CCCC2)n1)C1CCCNCC1. The van der Waals surface area contributed by atoms with E-state index in [-0.39, 0.29) is 0 Å². The van der Waals surface area contributed by atoms with Crippen LogP contribution in [-0.2, 0) is 6.54 Å². The minimum atomic E-state index is 0.663. The number of nitrogens with zero attached hydrogens (tertiary/aromatic N) is 3. The highest BCUT2D eigenvalue weighted by atomic mass is 15.3. The van der Waals surface area contributed by atoms with Crippen molar-refractivity contribution >= 4 is 0 Å². The van der Waals surface area contributed by atoms with Crippen LogP contribution in [0.3, 0.4) is 0 Å². The molecule has 1 atom stereocenters. The van der Waals surface area contributed by atoms with E-state index in [1.54, 1.807) is 0 Å². The molecule has 2 heterocycles. The van der Waals surface area contributed by atoms with Crippen molar-refractivity contribution in [3.05, 3.63) is 18.0 Å². The molecule has 4 nitrogen and oxygen atoms in total. The molecule has 1 aromatic rings. The highest BCUT2D eigenvalue weighted by Gasteiger charge is 2.20. The first-order valence-corrected chi connectivity index (χ1v) is 8.28. The van der Waals surface area contributed by atoms with Crippen molar-refractivity contribution in [2.24, 2.45) is 0 Å². The van der Waals surface area contributed by atoms with Gasteiger partial charge < -0.3 is 5.32 Å². The number of hydrogen-bond acceptors (Lipinski definition) is 3. The van der Waals surface area contributed by atoms with Crippen LogP contribution < -0.4 is 5.32 Å². The number of rotatable bonds is 4. The lowest BCUT2D eigenvalue weighted by atomic mass is 10.1. The molecule has 1 aliphatic heterocycles. The lowest BCUT2D eigenvalue weighted by Gasteiger charge is -2.26. The lowest BCUT2D eigenvalue weighted by molar-refractivity contribution is 0.213. The first kappa shape index (κ1) is 14.1. The Morgan fingerprint density at radius 2 is 2.05 bits per heavy atom. The zero-order chi connectivity index (χ0) is 13.8. The molecule has 1 saturated carbocycles. The summed E-state index contributed by atoms with van der Waals surface area (Å²) in [5.41, 5.74) is 1.23. The molecule has 1 aliphatic carbocycles. The number of hydrogen-bond donors (Lipinski definition) is 1. The fourth-order valence-electron chi connectivity index (χ4n) is 3.66. The standard InChI is InChI=1S/C16H28N4/c1-19(15-7-4-10-17-11-8-15)13-14-9-12-20(18-14)16-5-2-3-6-16/h9,12,15-17H,2-8,10-11,13H2,1H3. The normalized spacial score (nSPS) is 25.2. The van der Waals surface area contributed by atoms with Crippen LogP contribution in [0.4, 0.5) is 0 Å². The highest BCUT2D eigenvalue weighted by molar-refractivity contribution is 5.00. The van der Waals surface area contributed by atoms with Gasteiger partial charge in [-0.3, -0.25) is 9.58 Å². The summed E-state index contributed by atoms with van der Waals surface area (Å²) >= 11 is 0. The molecule has 1 aromatic heterocycles. The molecule has 0 spiro atoms. The largest absolute Gasteiger partial charge is 0.317 e. The molecule has 112 valence electrons. The first-order valence-electron chi connectivity index (χ1n) is 8.28. The van der Waals surface area contributed by atoms with Crippen LogP contribution in [-0.4, -0.2) is 40.9 Å². The van der Waals surface area contributed by atoms with Crippen molar-refractivity contribution < 1.29 is 0 Å². The topological polar surface area (TPSA) is 33.1 Å². The summed E-state index contributed by atoms with van der Waals surface area (Å²) in [7, 11) is 2.25. The van der Waals surface area contributed by atoms with Gasteiger partial charge in [0, 0.05) is 18.8 Å². The smallest absolute Gasteiger partial charge is 0.0764 e. The van der Waals surface area contributed by atoms with Crippen LogP contribution in [0.15, 0.2) is 12.3 Å². The van der Waals surface area contributed by atoms with Crippen molar-refractivity contribution in [1.29, 1.82) is 0 Å². The van der Waals surface area contributed by atoms with E-state index in [0.29, 0.717) is 12.1 Å². The highest BCUT2D eigenvalue weighted by Crippen LogP contribution is 2.28. The van der Waals surface area contributed by atoms with Gasteiger partial charge in [0.25, 0.3) is 0 Å². The zero-order valence-corrected chi connectivity index (χ0v) is 12.7. The molecule has 0 radical (unpaired) electrons. The average molecular weight is 276 g/mol. The third-order valence-electron chi connectivity index (χ3n) is 4.94. The quantitative estimate of drug-likeness (QED) is 0.917. The van der Waals surface area contributed by atoms with Gasteiger partial charge in [-0.15, -0.1) is 0 Å². The molecule has 0 bridgehead atoms. The molecule has 20 heavy (non-hydrogen) atoms. The molecular weight excluding hydrogens is 248 g/mol. The summed E-state index contributed by atoms with van der Waals surface area (Å²) in [6.45, 7) is 3.33. The van der Waals surface area contributed by atoms with Crippen molar-refractivity contribution in [1.82, 2.24) is 20.0 Å². The average Bonchev–Trinajstić information content (AvgIpc) is 3.05. The van der Waals surface area contributed by atoms with E-state index < -0.39 is 0 Å². The molecule has 2 aliphatic rings. The molecule has 1 unspecified atom stereocenters. The molecule has 1 N–H and O–H groups in total. The Morgan fingerprint density at radius 3 is 2.90 bits per heavy atom. The third-order valence-corrected chi connectivity index (χ3v) is 4.94. The second-order valence-corrected chi connectivity index (χ2v) is 6.48. The summed E-state index contributed by atoms with van der Waals surface area (Å²) < 4.78 is 2.21. The molecule has 4 heteroatoms. The Kier molecular flexibility index (Phi) is 4.73. The van der Waals surface area contributed by atoms with Crippen LogP contribution in [0.2, 0.25) is 0 Å². The van der Waals surface area contributed by atoms with E-state index in [9.17, 15) is 0 Å². The Balaban J connectivity index is 1.56. The van der Waals surface area contributed by atoms with Gasteiger partial charge in [0.15, 0.2) is 0 Å². The van der Waals surface area contributed by atoms with Crippen LogP contribution in [0, 0.1) is 0 Å². The maximum absolute atomic E-state index is 4.81. The van der Waals surface area contributed by atoms with Crippen molar-refractivity contribution in [3.8, 4) is 0 Å². The van der Waals surface area contributed by atoms with Gasteiger partial charge in [0.1, 0.15) is 0 Å². The summed E-state index contributed by atoms with van der Waals surface area (Å²) in [6, 6.07) is 3.59. The van der Waals surface area contributed by atoms with Crippen LogP contribution >= 0.6 is 0 Å². The summed E-state index contributed by atoms with van der Waals surface area (Å²) in [4.78, 5) is 2.49. The minimum absolute atomic E-state index is 0.663. The lowest BCUT2D eigenvalue weighted by Crippen LogP contribution is -2.32. The Morgan fingerprint density at radius 1 is 1.20 bits per heavy atom. The molecule has 3 rings (SSSR count). The molecule has 2 fully saturated rings. The monoisotopic (exact) mass is 276 g/mol. The molecule has 0 amide bonds. The van der Waals surface area contributed by atoms with E-state index in [4.69, 9.17) is 5.10 Å². The molecule has 0 aromatic carbocycles. The van der Waals surface area contributed by atoms with Gasteiger partial charge in [-0.2, -0.15) is 5.10 Å². The zero-order valence-electron chi connectivity index (χ0n) is 12.7. The Bertz CT molecular complexity index is 400. The van der Waals surface area contributed by atoms with Crippen molar-refractivity contribution in [3.63, 3.8) is 0 Å². The van der Waals surface area contributed by atoms with Crippen molar-refractivity contribution in [2.75, 3.05) is 20.1 Å². The van der Waals surface area contributed by atoms with Crippen LogP contribution in [0.1, 0.15) is 56.7 Å². The van der Waals surface area contributed by atoms with Gasteiger partial charge in [-0.05, 0) is 58.3 Å². The van der Waals surface area contributed by atoms with Gasteiger partial charge in [0.2, 0.25) is 0 Å². The Labute approximate surface area is 122 Å². The second-order valence-electron chi connectivity index (χ2n) is 6.48.